The first-order valence-electron chi connectivity index (χ1n) is 12.2. The molecule has 0 amide bonds. The molecule has 0 spiro atoms. The molecule has 0 aliphatic carbocycles. The lowest BCUT2D eigenvalue weighted by molar-refractivity contribution is -0.126. The van der Waals surface area contributed by atoms with Crippen LogP contribution in [0, 0.1) is 0 Å². The second-order valence-electron chi connectivity index (χ2n) is 11.9. The van der Waals surface area contributed by atoms with Crippen LogP contribution in [-0.2, 0) is 15.6 Å². The summed E-state index contributed by atoms with van der Waals surface area (Å²) >= 11 is 0. The van der Waals surface area contributed by atoms with Gasteiger partial charge in [-0.2, -0.15) is 10.2 Å². The van der Waals surface area contributed by atoms with Gasteiger partial charge in [-0.05, 0) is 48.2 Å². The molecule has 0 radical (unpaired) electrons. The van der Waals surface area contributed by atoms with Crippen LogP contribution >= 0.6 is 0 Å². The van der Waals surface area contributed by atoms with Gasteiger partial charge in [0.05, 0.1) is 12.4 Å². The van der Waals surface area contributed by atoms with Crippen molar-refractivity contribution in [3.63, 3.8) is 0 Å². The van der Waals surface area contributed by atoms with Crippen LogP contribution in [0.2, 0.25) is 0 Å². The Kier molecular flexibility index (Phi) is 6.80. The number of Topliss-reactive ketones (excluding diaryl/α,β-unsaturated/α-hetero) is 1. The summed E-state index contributed by atoms with van der Waals surface area (Å²) < 4.78 is 0. The number of ketones is 1. The Morgan fingerprint density at radius 2 is 1.14 bits per heavy atom. The van der Waals surface area contributed by atoms with Crippen LogP contribution < -0.4 is 9.80 Å². The summed E-state index contributed by atoms with van der Waals surface area (Å²) in [5.74, 6) is 0.652. The van der Waals surface area contributed by atoms with Gasteiger partial charge in [0.15, 0.2) is 11.6 Å². The van der Waals surface area contributed by atoms with Crippen molar-refractivity contribution in [2.24, 2.45) is 0 Å². The van der Waals surface area contributed by atoms with Gasteiger partial charge in [-0.1, -0.05) is 41.5 Å². The lowest BCUT2D eigenvalue weighted by atomic mass is 9.88. The van der Waals surface area contributed by atoms with Gasteiger partial charge in [-0.15, -0.1) is 10.2 Å². The topological polar surface area (TPSA) is 122 Å². The van der Waals surface area contributed by atoms with E-state index in [0.717, 1.165) is 11.1 Å². The fraction of sp³-hybridized carbons (Fsp3) is 0.640. The molecule has 0 bridgehead atoms. The van der Waals surface area contributed by atoms with E-state index in [1.54, 1.807) is 46.1 Å². The van der Waals surface area contributed by atoms with Crippen molar-refractivity contribution >= 4 is 17.4 Å². The molecule has 2 fully saturated rings. The number of β-amino-alcohol motifs (C(OH)–C–C–N with tert-alkyl or cyclic N) is 2. The molecule has 4 heterocycles. The van der Waals surface area contributed by atoms with Crippen LogP contribution in [0.15, 0.2) is 24.5 Å². The highest BCUT2D eigenvalue weighted by Crippen LogP contribution is 2.33. The average molecular weight is 499 g/mol. The lowest BCUT2D eigenvalue weighted by Crippen LogP contribution is -2.57. The van der Waals surface area contributed by atoms with Gasteiger partial charge in [-0.25, -0.2) is 0 Å². The van der Waals surface area contributed by atoms with Gasteiger partial charge in [0.25, 0.3) is 0 Å². The van der Waals surface area contributed by atoms with Gasteiger partial charge < -0.3 is 20.0 Å². The summed E-state index contributed by atoms with van der Waals surface area (Å²) in [6.45, 7) is 13.0. The average Bonchev–Trinajstić information content (AvgIpc) is 3.25. The van der Waals surface area contributed by atoms with Crippen LogP contribution in [0.25, 0.3) is 0 Å². The molecule has 11 nitrogen and oxygen atoms in total. The highest BCUT2D eigenvalue weighted by Gasteiger charge is 2.50. The van der Waals surface area contributed by atoms with Gasteiger partial charge in [0.1, 0.15) is 24.8 Å². The molecule has 2 aromatic heterocycles. The molecule has 4 unspecified atom stereocenters. The number of aliphatic hydroxyl groups excluding tert-OH is 2. The number of carbonyl (C=O) groups is 1. The Labute approximate surface area is 212 Å². The maximum absolute atomic E-state index is 14.2. The van der Waals surface area contributed by atoms with Gasteiger partial charge in [0, 0.05) is 13.1 Å². The predicted octanol–water partition coefficient (Wildman–Crippen LogP) is 0.924. The zero-order valence-corrected chi connectivity index (χ0v) is 22.4. The highest BCUT2D eigenvalue weighted by atomic mass is 16.3. The summed E-state index contributed by atoms with van der Waals surface area (Å²) in [5.41, 5.74) is 1.54. The summed E-state index contributed by atoms with van der Waals surface area (Å²) in [4.78, 5) is 21.0. The minimum atomic E-state index is -0.942. The molecule has 4 rings (SSSR count). The Bertz CT molecular complexity index is 1030. The predicted molar refractivity (Wildman–Crippen MR) is 136 cm³/mol. The van der Waals surface area contributed by atoms with Crippen molar-refractivity contribution < 1.29 is 15.0 Å². The van der Waals surface area contributed by atoms with Gasteiger partial charge >= 0.3 is 0 Å². The second-order valence-corrected chi connectivity index (χ2v) is 11.9. The van der Waals surface area contributed by atoms with E-state index in [1.807, 2.05) is 12.1 Å². The number of aliphatic hydroxyl groups is 2. The summed E-state index contributed by atoms with van der Waals surface area (Å²) in [7, 11) is 3.59. The molecule has 36 heavy (non-hydrogen) atoms. The quantitative estimate of drug-likeness (QED) is 0.626. The number of rotatable bonds is 4. The van der Waals surface area contributed by atoms with Crippen molar-refractivity contribution in [3.8, 4) is 0 Å². The minimum Gasteiger partial charge on any atom is -0.372 e. The maximum atomic E-state index is 14.2. The fourth-order valence-corrected chi connectivity index (χ4v) is 4.82. The third kappa shape index (κ3) is 4.80. The molecule has 0 aromatic carbocycles. The molecule has 2 aliphatic heterocycles. The van der Waals surface area contributed by atoms with Crippen LogP contribution in [-0.4, -0.2) is 98.2 Å². The Morgan fingerprint density at radius 3 is 1.47 bits per heavy atom. The first-order valence-corrected chi connectivity index (χ1v) is 12.2. The van der Waals surface area contributed by atoms with E-state index in [4.69, 9.17) is 0 Å². The summed E-state index contributed by atoms with van der Waals surface area (Å²) in [6, 6.07) is 3.75. The van der Waals surface area contributed by atoms with E-state index in [1.165, 1.54) is 0 Å². The van der Waals surface area contributed by atoms with Crippen LogP contribution in [0.4, 0.5) is 11.6 Å². The first-order chi connectivity index (χ1) is 16.7. The van der Waals surface area contributed by atoms with E-state index in [0.29, 0.717) is 11.6 Å². The van der Waals surface area contributed by atoms with Crippen molar-refractivity contribution in [1.82, 2.24) is 30.2 Å². The highest BCUT2D eigenvalue weighted by molar-refractivity contribution is 5.94. The zero-order valence-electron chi connectivity index (χ0n) is 22.4. The van der Waals surface area contributed by atoms with E-state index >= 15 is 0 Å². The SMILES string of the molecule is CN1CC(O)N(c2cc(C(C)(C)C)cnn2)C1C(=O)C1N(C)CC(O)N1c1cc(C(C)(C)C)cnn1. The van der Waals surface area contributed by atoms with Crippen molar-refractivity contribution in [2.45, 2.75) is 77.2 Å². The molecule has 4 atom stereocenters. The minimum absolute atomic E-state index is 0.176. The van der Waals surface area contributed by atoms with Crippen molar-refractivity contribution in [2.75, 3.05) is 37.0 Å². The third-order valence-corrected chi connectivity index (χ3v) is 6.96. The molecule has 196 valence electrons. The molecule has 11 heteroatoms. The molecule has 2 saturated heterocycles. The molecular formula is C25H38N8O3. The first kappa shape index (κ1) is 26.3. The number of likely N-dealkylation sites (N-methyl/N-ethyl adjacent to an activating group) is 2. The standard InChI is InChI=1S/C25H38N8O3/c1-24(2,3)15-9-17(28-26-11-15)32-19(34)13-30(7)22(32)21(36)23-31(8)14-20(35)33(23)18-10-16(12-27-29-18)25(4,5)6/h9-12,19-20,22-23,34-35H,13-14H2,1-8H3. The van der Waals surface area contributed by atoms with E-state index in [9.17, 15) is 15.0 Å². The third-order valence-electron chi connectivity index (χ3n) is 6.96. The van der Waals surface area contributed by atoms with Crippen molar-refractivity contribution in [1.29, 1.82) is 0 Å². The number of carbonyl (C=O) groups excluding carboxylic acids is 1. The normalized spacial score (nSPS) is 26.2. The van der Waals surface area contributed by atoms with Crippen LogP contribution in [0.5, 0.6) is 0 Å². The van der Waals surface area contributed by atoms with Gasteiger partial charge in [0.2, 0.25) is 5.78 Å². The van der Waals surface area contributed by atoms with E-state index in [2.05, 4.69) is 61.9 Å². The zero-order chi connectivity index (χ0) is 26.6. The number of aromatic nitrogens is 4. The second kappa shape index (κ2) is 9.29. The Balaban J connectivity index is 1.72. The number of hydrogen-bond donors (Lipinski definition) is 2. The molecule has 0 saturated carbocycles. The van der Waals surface area contributed by atoms with Gasteiger partial charge in [-0.3, -0.25) is 14.6 Å². The smallest absolute Gasteiger partial charge is 0.207 e. The van der Waals surface area contributed by atoms with E-state index < -0.39 is 24.8 Å². The molecule has 2 aromatic rings. The van der Waals surface area contributed by atoms with Crippen LogP contribution in [0.3, 0.4) is 0 Å². The molecule has 2 N–H and O–H groups in total. The maximum Gasteiger partial charge on any atom is 0.207 e. The number of anilines is 2. The number of nitrogens with zero attached hydrogens (tertiary/aromatic N) is 8. The molecular weight excluding hydrogens is 460 g/mol. The molecule has 2 aliphatic rings. The number of hydrogen-bond acceptors (Lipinski definition) is 11. The van der Waals surface area contributed by atoms with E-state index in [-0.39, 0.29) is 29.7 Å². The summed E-state index contributed by atoms with van der Waals surface area (Å²) in [6.07, 6.45) is -0.107. The fourth-order valence-electron chi connectivity index (χ4n) is 4.82. The largest absolute Gasteiger partial charge is 0.372 e. The monoisotopic (exact) mass is 498 g/mol. The summed E-state index contributed by atoms with van der Waals surface area (Å²) in [5, 5.41) is 38.8. The van der Waals surface area contributed by atoms with Crippen molar-refractivity contribution in [3.05, 3.63) is 35.7 Å². The Morgan fingerprint density at radius 1 is 0.778 bits per heavy atom. The lowest BCUT2D eigenvalue weighted by Gasteiger charge is -2.35. The Hall–Kier alpha value is -2.73. The van der Waals surface area contributed by atoms with Crippen LogP contribution in [0.1, 0.15) is 52.7 Å².